The van der Waals surface area contributed by atoms with Crippen molar-refractivity contribution in [1.82, 2.24) is 9.55 Å². The van der Waals surface area contributed by atoms with Gasteiger partial charge >= 0.3 is 0 Å². The smallest absolute Gasteiger partial charge is 0.261 e. The summed E-state index contributed by atoms with van der Waals surface area (Å²) in [5.74, 6) is 0.263. The first-order chi connectivity index (χ1) is 12.6. The number of aromatic nitrogens is 2. The van der Waals surface area contributed by atoms with Gasteiger partial charge in [0.2, 0.25) is 0 Å². The van der Waals surface area contributed by atoms with Crippen LogP contribution in [-0.4, -0.2) is 9.55 Å². The van der Waals surface area contributed by atoms with Crippen molar-refractivity contribution < 1.29 is 4.39 Å². The van der Waals surface area contributed by atoms with Crippen LogP contribution in [0.1, 0.15) is 11.1 Å². The molecule has 0 bridgehead atoms. The minimum absolute atomic E-state index is 0.129. The van der Waals surface area contributed by atoms with Gasteiger partial charge in [0.15, 0.2) is 0 Å². The summed E-state index contributed by atoms with van der Waals surface area (Å²) in [6.07, 6.45) is 0. The van der Waals surface area contributed by atoms with E-state index in [0.717, 1.165) is 16.7 Å². The predicted octanol–water partition coefficient (Wildman–Crippen LogP) is 4.56. The van der Waals surface area contributed by atoms with Gasteiger partial charge in [-0.2, -0.15) is 0 Å². The quantitative estimate of drug-likeness (QED) is 0.546. The van der Waals surface area contributed by atoms with Crippen LogP contribution in [-0.2, 0) is 6.54 Å². The topological polar surface area (TPSA) is 34.9 Å². The van der Waals surface area contributed by atoms with Crippen LogP contribution < -0.4 is 5.56 Å². The number of para-hydroxylation sites is 1. The number of fused-ring (bicyclic) bond motifs is 1. The van der Waals surface area contributed by atoms with E-state index in [4.69, 9.17) is 4.98 Å². The standard InChI is InChI=1S/C22H17FN2O/c1-15-9-11-17(12-10-15)21-24-20-8-3-2-7-19(20)22(26)25(21)14-16-5-4-6-18(23)13-16/h2-13H,14H2,1H3. The largest absolute Gasteiger partial charge is 0.288 e. The van der Waals surface area contributed by atoms with Crippen LogP contribution in [0.3, 0.4) is 0 Å². The monoisotopic (exact) mass is 344 g/mol. The number of halogens is 1. The van der Waals surface area contributed by atoms with Crippen molar-refractivity contribution in [2.45, 2.75) is 13.5 Å². The predicted molar refractivity (Wildman–Crippen MR) is 102 cm³/mol. The van der Waals surface area contributed by atoms with Crippen LogP contribution in [0.4, 0.5) is 4.39 Å². The molecule has 26 heavy (non-hydrogen) atoms. The van der Waals surface area contributed by atoms with E-state index in [2.05, 4.69) is 0 Å². The third kappa shape index (κ3) is 3.02. The molecule has 0 atom stereocenters. The normalized spacial score (nSPS) is 11.0. The molecule has 0 aliphatic heterocycles. The Kier molecular flexibility index (Phi) is 4.09. The molecule has 3 aromatic carbocycles. The van der Waals surface area contributed by atoms with Crippen molar-refractivity contribution in [2.24, 2.45) is 0 Å². The third-order valence-corrected chi connectivity index (χ3v) is 4.40. The van der Waals surface area contributed by atoms with Crippen molar-refractivity contribution in [3.8, 4) is 11.4 Å². The summed E-state index contributed by atoms with van der Waals surface area (Å²) in [6, 6.07) is 21.5. The Morgan fingerprint density at radius 3 is 2.50 bits per heavy atom. The molecular weight excluding hydrogens is 327 g/mol. The van der Waals surface area contributed by atoms with Crippen molar-refractivity contribution in [3.05, 3.63) is 100 Å². The second-order valence-corrected chi connectivity index (χ2v) is 6.34. The van der Waals surface area contributed by atoms with Crippen LogP contribution >= 0.6 is 0 Å². The van der Waals surface area contributed by atoms with Gasteiger partial charge in [-0.1, -0.05) is 54.1 Å². The summed E-state index contributed by atoms with van der Waals surface area (Å²) in [5, 5.41) is 0.555. The van der Waals surface area contributed by atoms with Crippen LogP contribution in [0.15, 0.2) is 77.6 Å². The van der Waals surface area contributed by atoms with Gasteiger partial charge < -0.3 is 0 Å². The summed E-state index contributed by atoms with van der Waals surface area (Å²) >= 11 is 0. The molecule has 0 radical (unpaired) electrons. The summed E-state index contributed by atoms with van der Waals surface area (Å²) in [6.45, 7) is 2.27. The lowest BCUT2D eigenvalue weighted by molar-refractivity contribution is 0.623. The molecular formula is C22H17FN2O. The van der Waals surface area contributed by atoms with E-state index < -0.39 is 0 Å². The van der Waals surface area contributed by atoms with Gasteiger partial charge in [0.1, 0.15) is 11.6 Å². The molecule has 0 unspecified atom stereocenters. The molecule has 4 aromatic rings. The highest BCUT2D eigenvalue weighted by molar-refractivity contribution is 5.79. The van der Waals surface area contributed by atoms with Gasteiger partial charge in [0.25, 0.3) is 5.56 Å². The van der Waals surface area contributed by atoms with Gasteiger partial charge in [0, 0.05) is 5.56 Å². The van der Waals surface area contributed by atoms with Crippen LogP contribution in [0.25, 0.3) is 22.3 Å². The molecule has 3 nitrogen and oxygen atoms in total. The Labute approximate surface area is 150 Å². The fraction of sp³-hybridized carbons (Fsp3) is 0.0909. The molecule has 4 heteroatoms. The molecule has 4 rings (SSSR count). The van der Waals surface area contributed by atoms with Gasteiger partial charge in [0.05, 0.1) is 17.4 Å². The third-order valence-electron chi connectivity index (χ3n) is 4.40. The van der Waals surface area contributed by atoms with Gasteiger partial charge in [-0.25, -0.2) is 9.37 Å². The number of hydrogen-bond donors (Lipinski definition) is 0. The average molecular weight is 344 g/mol. The number of aryl methyl sites for hydroxylation is 1. The molecule has 1 aromatic heterocycles. The van der Waals surface area contributed by atoms with E-state index in [-0.39, 0.29) is 17.9 Å². The van der Waals surface area contributed by atoms with Crippen molar-refractivity contribution >= 4 is 10.9 Å². The number of nitrogens with zero attached hydrogens (tertiary/aromatic N) is 2. The Bertz CT molecular complexity index is 1150. The summed E-state index contributed by atoms with van der Waals surface area (Å²) < 4.78 is 15.2. The van der Waals surface area contributed by atoms with Crippen LogP contribution in [0.2, 0.25) is 0 Å². The molecule has 0 aliphatic carbocycles. The summed E-state index contributed by atoms with van der Waals surface area (Å²) in [5.41, 5.74) is 3.24. The highest BCUT2D eigenvalue weighted by atomic mass is 19.1. The molecule has 128 valence electrons. The Morgan fingerprint density at radius 2 is 1.73 bits per heavy atom. The average Bonchev–Trinajstić information content (AvgIpc) is 2.65. The van der Waals surface area contributed by atoms with E-state index in [9.17, 15) is 9.18 Å². The summed E-state index contributed by atoms with van der Waals surface area (Å²) in [7, 11) is 0. The zero-order valence-corrected chi connectivity index (χ0v) is 14.3. The fourth-order valence-electron chi connectivity index (χ4n) is 3.06. The van der Waals surface area contributed by atoms with Gasteiger partial charge in [-0.05, 0) is 36.8 Å². The zero-order valence-electron chi connectivity index (χ0n) is 14.3. The number of hydrogen-bond acceptors (Lipinski definition) is 2. The first-order valence-electron chi connectivity index (χ1n) is 8.43. The van der Waals surface area contributed by atoms with Gasteiger partial charge in [-0.15, -0.1) is 0 Å². The van der Waals surface area contributed by atoms with E-state index in [1.165, 1.54) is 12.1 Å². The molecule has 0 amide bonds. The second-order valence-electron chi connectivity index (χ2n) is 6.34. The molecule has 0 spiro atoms. The SMILES string of the molecule is Cc1ccc(-c2nc3ccccc3c(=O)n2Cc2cccc(F)c2)cc1. The Morgan fingerprint density at radius 1 is 0.962 bits per heavy atom. The fourth-order valence-corrected chi connectivity index (χ4v) is 3.06. The van der Waals surface area contributed by atoms with Crippen LogP contribution in [0, 0.1) is 12.7 Å². The maximum atomic E-state index is 13.6. The van der Waals surface area contributed by atoms with Crippen molar-refractivity contribution in [2.75, 3.05) is 0 Å². The van der Waals surface area contributed by atoms with E-state index in [1.54, 1.807) is 16.7 Å². The molecule has 0 aliphatic rings. The van der Waals surface area contributed by atoms with Crippen molar-refractivity contribution in [1.29, 1.82) is 0 Å². The number of rotatable bonds is 3. The first kappa shape index (κ1) is 16.2. The van der Waals surface area contributed by atoms with E-state index in [1.807, 2.05) is 55.5 Å². The lowest BCUT2D eigenvalue weighted by atomic mass is 10.1. The van der Waals surface area contributed by atoms with Gasteiger partial charge in [-0.3, -0.25) is 9.36 Å². The van der Waals surface area contributed by atoms with Crippen molar-refractivity contribution in [3.63, 3.8) is 0 Å². The number of benzene rings is 3. The first-order valence-corrected chi connectivity index (χ1v) is 8.43. The minimum atomic E-state index is -0.318. The highest BCUT2D eigenvalue weighted by Gasteiger charge is 2.13. The lowest BCUT2D eigenvalue weighted by Gasteiger charge is -2.14. The maximum Gasteiger partial charge on any atom is 0.261 e. The molecule has 0 saturated heterocycles. The molecule has 0 fully saturated rings. The Balaban J connectivity index is 1.96. The minimum Gasteiger partial charge on any atom is -0.288 e. The molecule has 0 N–H and O–H groups in total. The summed E-state index contributed by atoms with van der Waals surface area (Å²) in [4.78, 5) is 17.8. The lowest BCUT2D eigenvalue weighted by Crippen LogP contribution is -2.24. The Hall–Kier alpha value is -3.27. The zero-order chi connectivity index (χ0) is 18.1. The molecule has 0 saturated carbocycles. The maximum absolute atomic E-state index is 13.6. The highest BCUT2D eigenvalue weighted by Crippen LogP contribution is 2.20. The van der Waals surface area contributed by atoms with Crippen LogP contribution in [0.5, 0.6) is 0 Å². The van der Waals surface area contributed by atoms with E-state index in [0.29, 0.717) is 16.7 Å². The van der Waals surface area contributed by atoms with E-state index >= 15 is 0 Å². The molecule has 1 heterocycles. The second kappa shape index (κ2) is 6.56.